The molecule has 1 heterocycles. The van der Waals surface area contributed by atoms with Gasteiger partial charge in [-0.15, -0.1) is 11.8 Å². The number of aryl methyl sites for hydroxylation is 1. The normalized spacial score (nSPS) is 11.4. The average Bonchev–Trinajstić information content (AvgIpc) is 3.14. The third-order valence-corrected chi connectivity index (χ3v) is 7.05. The zero-order valence-corrected chi connectivity index (χ0v) is 22.5. The van der Waals surface area contributed by atoms with Gasteiger partial charge >= 0.3 is 5.97 Å². The number of esters is 1. The first-order chi connectivity index (χ1) is 17.3. The second-order valence-electron chi connectivity index (χ2n) is 9.40. The minimum atomic E-state index is -0.196. The molecule has 188 valence electrons. The first-order valence-corrected chi connectivity index (χ1v) is 13.7. The minimum absolute atomic E-state index is 0.0817. The van der Waals surface area contributed by atoms with Crippen molar-refractivity contribution in [3.8, 4) is 0 Å². The highest BCUT2D eigenvalue weighted by Gasteiger charge is 2.22. The molecule has 0 saturated heterocycles. The highest BCUT2D eigenvalue weighted by Crippen LogP contribution is 2.40. The standard InChI is InChI=1S/C30H34N2O3S/c1-6-9-22-16-23(17-27(34)35-19(2)3)30(36-5)29-28(22)25-10-7-8-11-26(25)32(29)18-21-12-14-24(15-13-21)31-20(4)33/h7-8,10-16,19H,6,9,17-18H2,1-5H3,(H,31,33). The quantitative estimate of drug-likeness (QED) is 0.198. The van der Waals surface area contributed by atoms with Crippen LogP contribution in [0.1, 0.15) is 50.8 Å². The van der Waals surface area contributed by atoms with E-state index >= 15 is 0 Å². The molecular formula is C30H34N2O3S. The van der Waals surface area contributed by atoms with Gasteiger partial charge in [0.2, 0.25) is 5.91 Å². The Hall–Kier alpha value is -3.25. The minimum Gasteiger partial charge on any atom is -0.463 e. The number of amides is 1. The maximum Gasteiger partial charge on any atom is 0.310 e. The van der Waals surface area contributed by atoms with E-state index in [4.69, 9.17) is 4.74 Å². The Labute approximate surface area is 217 Å². The summed E-state index contributed by atoms with van der Waals surface area (Å²) < 4.78 is 7.88. The Bertz CT molecular complexity index is 1400. The Morgan fingerprint density at radius 3 is 2.42 bits per heavy atom. The number of carbonyl (C=O) groups is 2. The van der Waals surface area contributed by atoms with E-state index in [9.17, 15) is 9.59 Å². The molecule has 1 aromatic heterocycles. The van der Waals surface area contributed by atoms with Crippen LogP contribution in [0.2, 0.25) is 0 Å². The van der Waals surface area contributed by atoms with E-state index < -0.39 is 0 Å². The van der Waals surface area contributed by atoms with Gasteiger partial charge in [-0.05, 0) is 61.4 Å². The van der Waals surface area contributed by atoms with Crippen molar-refractivity contribution in [3.05, 3.63) is 71.3 Å². The summed E-state index contributed by atoms with van der Waals surface area (Å²) in [5.41, 5.74) is 6.57. The van der Waals surface area contributed by atoms with E-state index in [1.54, 1.807) is 11.8 Å². The summed E-state index contributed by atoms with van der Waals surface area (Å²) in [6.07, 6.45) is 4.16. The molecule has 36 heavy (non-hydrogen) atoms. The predicted octanol–water partition coefficient (Wildman–Crippen LogP) is 6.97. The zero-order chi connectivity index (χ0) is 25.8. The van der Waals surface area contributed by atoms with Gasteiger partial charge < -0.3 is 14.6 Å². The van der Waals surface area contributed by atoms with Crippen molar-refractivity contribution in [1.82, 2.24) is 4.57 Å². The van der Waals surface area contributed by atoms with E-state index in [0.717, 1.165) is 34.6 Å². The molecule has 0 bridgehead atoms. The molecule has 0 aliphatic heterocycles. The molecule has 0 radical (unpaired) electrons. The second-order valence-corrected chi connectivity index (χ2v) is 10.2. The lowest BCUT2D eigenvalue weighted by molar-refractivity contribution is -0.146. The monoisotopic (exact) mass is 502 g/mol. The van der Waals surface area contributed by atoms with Crippen molar-refractivity contribution in [2.24, 2.45) is 0 Å². The fourth-order valence-corrected chi connectivity index (χ4v) is 5.69. The Morgan fingerprint density at radius 1 is 1.06 bits per heavy atom. The number of carbonyl (C=O) groups excluding carboxylic acids is 2. The van der Waals surface area contributed by atoms with Crippen LogP contribution < -0.4 is 5.32 Å². The first-order valence-electron chi connectivity index (χ1n) is 12.5. The van der Waals surface area contributed by atoms with Gasteiger partial charge in [0, 0.05) is 40.3 Å². The predicted molar refractivity (Wildman–Crippen MR) is 150 cm³/mol. The molecule has 0 saturated carbocycles. The Kier molecular flexibility index (Phi) is 8.04. The number of para-hydroxylation sites is 1. The summed E-state index contributed by atoms with van der Waals surface area (Å²) in [6.45, 7) is 8.15. The number of anilines is 1. The molecule has 0 aliphatic rings. The summed E-state index contributed by atoms with van der Waals surface area (Å²) in [5, 5.41) is 5.34. The van der Waals surface area contributed by atoms with Crippen LogP contribution in [0.4, 0.5) is 5.69 Å². The van der Waals surface area contributed by atoms with Crippen LogP contribution in [0, 0.1) is 0 Å². The van der Waals surface area contributed by atoms with Gasteiger partial charge in [-0.25, -0.2) is 0 Å². The summed E-state index contributed by atoms with van der Waals surface area (Å²) in [6, 6.07) is 18.8. The van der Waals surface area contributed by atoms with Crippen LogP contribution in [0.15, 0.2) is 59.5 Å². The van der Waals surface area contributed by atoms with Gasteiger partial charge in [-0.3, -0.25) is 9.59 Å². The first kappa shape index (κ1) is 25.8. The highest BCUT2D eigenvalue weighted by molar-refractivity contribution is 7.98. The molecule has 1 N–H and O–H groups in total. The van der Waals surface area contributed by atoms with Gasteiger partial charge in [0.1, 0.15) is 0 Å². The summed E-state index contributed by atoms with van der Waals surface area (Å²) in [7, 11) is 0. The molecule has 3 aromatic carbocycles. The van der Waals surface area contributed by atoms with Crippen molar-refractivity contribution in [2.75, 3.05) is 11.6 Å². The maximum absolute atomic E-state index is 12.7. The number of fused-ring (bicyclic) bond motifs is 3. The smallest absolute Gasteiger partial charge is 0.310 e. The molecule has 0 atom stereocenters. The highest BCUT2D eigenvalue weighted by atomic mass is 32.2. The number of ether oxygens (including phenoxy) is 1. The number of hydrogen-bond donors (Lipinski definition) is 1. The van der Waals surface area contributed by atoms with Crippen molar-refractivity contribution >= 4 is 51.1 Å². The van der Waals surface area contributed by atoms with E-state index in [0.29, 0.717) is 6.54 Å². The van der Waals surface area contributed by atoms with Crippen LogP contribution in [0.5, 0.6) is 0 Å². The Morgan fingerprint density at radius 2 is 1.78 bits per heavy atom. The number of nitrogens with zero attached hydrogens (tertiary/aromatic N) is 1. The molecule has 0 unspecified atom stereocenters. The van der Waals surface area contributed by atoms with Crippen molar-refractivity contribution < 1.29 is 14.3 Å². The fourth-order valence-electron chi connectivity index (χ4n) is 4.89. The lowest BCUT2D eigenvalue weighted by Crippen LogP contribution is -2.14. The van der Waals surface area contributed by atoms with Gasteiger partial charge in [-0.1, -0.05) is 49.7 Å². The van der Waals surface area contributed by atoms with E-state index in [2.05, 4.69) is 65.5 Å². The molecule has 5 nitrogen and oxygen atoms in total. The van der Waals surface area contributed by atoms with Crippen LogP contribution in [0.3, 0.4) is 0 Å². The number of benzene rings is 3. The van der Waals surface area contributed by atoms with E-state index in [1.165, 1.54) is 34.3 Å². The van der Waals surface area contributed by atoms with Gasteiger partial charge in [0.25, 0.3) is 0 Å². The topological polar surface area (TPSA) is 60.3 Å². The molecular weight excluding hydrogens is 468 g/mol. The second kappa shape index (κ2) is 11.2. The van der Waals surface area contributed by atoms with Crippen LogP contribution in [-0.2, 0) is 33.7 Å². The third-order valence-electron chi connectivity index (χ3n) is 6.19. The summed E-state index contributed by atoms with van der Waals surface area (Å²) in [5.74, 6) is -0.278. The number of aromatic nitrogens is 1. The van der Waals surface area contributed by atoms with Gasteiger partial charge in [-0.2, -0.15) is 0 Å². The van der Waals surface area contributed by atoms with Crippen LogP contribution in [0.25, 0.3) is 21.8 Å². The zero-order valence-electron chi connectivity index (χ0n) is 21.7. The lowest BCUT2D eigenvalue weighted by atomic mass is 9.98. The molecule has 0 spiro atoms. The molecule has 6 heteroatoms. The van der Waals surface area contributed by atoms with Crippen LogP contribution >= 0.6 is 11.8 Å². The molecule has 0 aliphatic carbocycles. The van der Waals surface area contributed by atoms with Gasteiger partial charge in [0.15, 0.2) is 0 Å². The van der Waals surface area contributed by atoms with E-state index in [-0.39, 0.29) is 24.4 Å². The van der Waals surface area contributed by atoms with E-state index in [1.807, 2.05) is 26.0 Å². The fraction of sp³-hybridized carbons (Fsp3) is 0.333. The number of nitrogens with one attached hydrogen (secondary N) is 1. The SMILES string of the molecule is CCCc1cc(CC(=O)OC(C)C)c(SC)c2c1c1ccccc1n2Cc1ccc(NC(C)=O)cc1. The van der Waals surface area contributed by atoms with Crippen molar-refractivity contribution in [1.29, 1.82) is 0 Å². The average molecular weight is 503 g/mol. The largest absolute Gasteiger partial charge is 0.463 e. The molecule has 4 rings (SSSR count). The number of hydrogen-bond acceptors (Lipinski definition) is 4. The lowest BCUT2D eigenvalue weighted by Gasteiger charge is -2.17. The molecule has 0 fully saturated rings. The third kappa shape index (κ3) is 5.44. The summed E-state index contributed by atoms with van der Waals surface area (Å²) in [4.78, 5) is 25.2. The maximum atomic E-state index is 12.7. The molecule has 4 aromatic rings. The van der Waals surface area contributed by atoms with Gasteiger partial charge in [0.05, 0.1) is 18.0 Å². The number of rotatable bonds is 9. The molecule has 1 amide bonds. The number of thioether (sulfide) groups is 1. The van der Waals surface area contributed by atoms with Crippen molar-refractivity contribution in [2.45, 2.75) is 64.5 Å². The summed E-state index contributed by atoms with van der Waals surface area (Å²) >= 11 is 1.69. The van der Waals surface area contributed by atoms with Crippen LogP contribution in [-0.4, -0.2) is 28.8 Å². The Balaban J connectivity index is 1.92. The van der Waals surface area contributed by atoms with Crippen molar-refractivity contribution in [3.63, 3.8) is 0 Å².